The second-order valence-electron chi connectivity index (χ2n) is 5.30. The predicted molar refractivity (Wildman–Crippen MR) is 89.3 cm³/mol. The van der Waals surface area contributed by atoms with E-state index in [0.29, 0.717) is 10.7 Å². The third-order valence-corrected chi connectivity index (χ3v) is 5.03. The van der Waals surface area contributed by atoms with Crippen molar-refractivity contribution in [2.75, 3.05) is 18.4 Å². The number of aliphatic imine (C=N–C) groups is 1. The highest BCUT2D eigenvalue weighted by Crippen LogP contribution is 2.29. The molecule has 1 aromatic carbocycles. The lowest BCUT2D eigenvalue weighted by molar-refractivity contribution is -0.121. The molecule has 1 unspecified atom stereocenters. The minimum atomic E-state index is -0.421. The summed E-state index contributed by atoms with van der Waals surface area (Å²) in [5.41, 5.74) is 0.633. The number of nitrogens with zero attached hydrogens (tertiary/aromatic N) is 2. The number of anilines is 1. The summed E-state index contributed by atoms with van der Waals surface area (Å²) in [6, 6.07) is 6.94. The molecular weight excluding hydrogens is 322 g/mol. The van der Waals surface area contributed by atoms with E-state index in [0.717, 1.165) is 31.1 Å². The minimum Gasteiger partial charge on any atom is -0.351 e. The number of hydrogen-bond donors (Lipinski definition) is 1. The zero-order valence-electron chi connectivity index (χ0n) is 11.9. The van der Waals surface area contributed by atoms with Crippen molar-refractivity contribution in [3.8, 4) is 0 Å². The van der Waals surface area contributed by atoms with E-state index in [-0.39, 0.29) is 18.2 Å². The van der Waals surface area contributed by atoms with Gasteiger partial charge in [0.1, 0.15) is 5.25 Å². The van der Waals surface area contributed by atoms with E-state index in [1.807, 2.05) is 0 Å². The molecule has 7 heteroatoms. The van der Waals surface area contributed by atoms with E-state index in [1.54, 1.807) is 24.3 Å². The summed E-state index contributed by atoms with van der Waals surface area (Å²) in [4.78, 5) is 30.2. The summed E-state index contributed by atoms with van der Waals surface area (Å²) in [5, 5.41) is 3.67. The first-order chi connectivity index (χ1) is 10.6. The van der Waals surface area contributed by atoms with Crippen LogP contribution in [0.5, 0.6) is 0 Å². The largest absolute Gasteiger partial charge is 0.351 e. The van der Waals surface area contributed by atoms with E-state index in [1.165, 1.54) is 11.8 Å². The molecular formula is C15H16ClN3O2S. The van der Waals surface area contributed by atoms with Crippen LogP contribution in [0.3, 0.4) is 0 Å². The number of thioether (sulfide) groups is 1. The maximum atomic E-state index is 12.1. The second-order valence-corrected chi connectivity index (χ2v) is 6.90. The van der Waals surface area contributed by atoms with Gasteiger partial charge in [0.2, 0.25) is 5.91 Å². The Balaban J connectivity index is 1.55. The number of halogens is 1. The van der Waals surface area contributed by atoms with Crippen molar-refractivity contribution in [3.63, 3.8) is 0 Å². The number of amidine groups is 1. The molecule has 2 heterocycles. The first-order valence-electron chi connectivity index (χ1n) is 7.21. The van der Waals surface area contributed by atoms with Crippen LogP contribution in [0.2, 0.25) is 5.02 Å². The lowest BCUT2D eigenvalue weighted by Gasteiger charge is -2.16. The zero-order chi connectivity index (χ0) is 15.5. The van der Waals surface area contributed by atoms with Gasteiger partial charge in [0.15, 0.2) is 5.17 Å². The molecule has 0 aromatic heterocycles. The van der Waals surface area contributed by atoms with Crippen LogP contribution in [0.15, 0.2) is 29.3 Å². The fraction of sp³-hybridized carbons (Fsp3) is 0.400. The lowest BCUT2D eigenvalue weighted by Crippen LogP contribution is -2.25. The number of likely N-dealkylation sites (tertiary alicyclic amines) is 1. The van der Waals surface area contributed by atoms with Crippen LogP contribution in [0.4, 0.5) is 5.69 Å². The van der Waals surface area contributed by atoms with Crippen molar-refractivity contribution >= 4 is 46.0 Å². The highest BCUT2D eigenvalue weighted by Gasteiger charge is 2.33. The molecule has 0 aliphatic carbocycles. The molecule has 0 bridgehead atoms. The zero-order valence-corrected chi connectivity index (χ0v) is 13.5. The Labute approximate surface area is 138 Å². The fourth-order valence-electron chi connectivity index (χ4n) is 2.50. The Hall–Kier alpha value is -1.53. The molecule has 116 valence electrons. The van der Waals surface area contributed by atoms with E-state index < -0.39 is 5.25 Å². The van der Waals surface area contributed by atoms with Gasteiger partial charge in [-0.1, -0.05) is 29.4 Å². The number of rotatable bonds is 3. The first-order valence-corrected chi connectivity index (χ1v) is 8.47. The number of amides is 2. The molecule has 0 saturated carbocycles. The Morgan fingerprint density at radius 2 is 2.18 bits per heavy atom. The standard InChI is InChI=1S/C15H16ClN3O2S/c16-10-4-3-5-11(8-10)17-13(20)9-12-14(21)18-15(22-12)19-6-1-2-7-19/h3-5,8,12H,1-2,6-7,9H2,(H,17,20). The van der Waals surface area contributed by atoms with Gasteiger partial charge in [-0.15, -0.1) is 0 Å². The number of benzene rings is 1. The van der Waals surface area contributed by atoms with Crippen molar-refractivity contribution in [3.05, 3.63) is 29.3 Å². The van der Waals surface area contributed by atoms with E-state index in [9.17, 15) is 9.59 Å². The van der Waals surface area contributed by atoms with Crippen molar-refractivity contribution < 1.29 is 9.59 Å². The average Bonchev–Trinajstić information content (AvgIpc) is 3.09. The number of hydrogen-bond acceptors (Lipinski definition) is 4. The van der Waals surface area contributed by atoms with Crippen molar-refractivity contribution in [1.29, 1.82) is 0 Å². The van der Waals surface area contributed by atoms with Crippen LogP contribution < -0.4 is 5.32 Å². The van der Waals surface area contributed by atoms with Crippen LogP contribution in [-0.4, -0.2) is 40.2 Å². The van der Waals surface area contributed by atoms with Crippen molar-refractivity contribution in [1.82, 2.24) is 4.90 Å². The summed E-state index contributed by atoms with van der Waals surface area (Å²) < 4.78 is 0. The van der Waals surface area contributed by atoms with E-state index >= 15 is 0 Å². The first kappa shape index (κ1) is 15.4. The van der Waals surface area contributed by atoms with Gasteiger partial charge in [-0.3, -0.25) is 9.59 Å². The van der Waals surface area contributed by atoms with Crippen LogP contribution in [-0.2, 0) is 9.59 Å². The van der Waals surface area contributed by atoms with Crippen LogP contribution >= 0.6 is 23.4 Å². The summed E-state index contributed by atoms with van der Waals surface area (Å²) in [7, 11) is 0. The Morgan fingerprint density at radius 1 is 1.41 bits per heavy atom. The summed E-state index contributed by atoms with van der Waals surface area (Å²) in [6.07, 6.45) is 2.39. The Morgan fingerprint density at radius 3 is 2.91 bits per heavy atom. The van der Waals surface area contributed by atoms with E-state index in [4.69, 9.17) is 11.6 Å². The maximum absolute atomic E-state index is 12.1. The van der Waals surface area contributed by atoms with Gasteiger partial charge in [0, 0.05) is 30.2 Å². The van der Waals surface area contributed by atoms with Crippen LogP contribution in [0.25, 0.3) is 0 Å². The summed E-state index contributed by atoms with van der Waals surface area (Å²) in [5.74, 6) is -0.417. The van der Waals surface area contributed by atoms with Crippen molar-refractivity contribution in [2.24, 2.45) is 4.99 Å². The molecule has 1 saturated heterocycles. The number of carbonyl (C=O) groups is 2. The Kier molecular flexibility index (Phi) is 4.69. The molecule has 0 spiro atoms. The minimum absolute atomic E-state index is 0.122. The number of carbonyl (C=O) groups excluding carboxylic acids is 2. The van der Waals surface area contributed by atoms with Crippen LogP contribution in [0.1, 0.15) is 19.3 Å². The molecule has 2 aliphatic heterocycles. The molecule has 3 rings (SSSR count). The van der Waals surface area contributed by atoms with Gasteiger partial charge in [0.25, 0.3) is 5.91 Å². The highest BCUT2D eigenvalue weighted by molar-refractivity contribution is 8.15. The van der Waals surface area contributed by atoms with Gasteiger partial charge in [-0.25, -0.2) is 0 Å². The Bertz CT molecular complexity index is 629. The summed E-state index contributed by atoms with van der Waals surface area (Å²) >= 11 is 7.28. The molecule has 1 atom stereocenters. The quantitative estimate of drug-likeness (QED) is 0.921. The monoisotopic (exact) mass is 337 g/mol. The molecule has 2 aliphatic rings. The van der Waals surface area contributed by atoms with Crippen LogP contribution in [0, 0.1) is 0 Å². The molecule has 0 radical (unpaired) electrons. The average molecular weight is 338 g/mol. The molecule has 1 N–H and O–H groups in total. The smallest absolute Gasteiger partial charge is 0.262 e. The predicted octanol–water partition coefficient (Wildman–Crippen LogP) is 2.76. The number of nitrogens with one attached hydrogen (secondary N) is 1. The van der Waals surface area contributed by atoms with Gasteiger partial charge in [-0.2, -0.15) is 4.99 Å². The van der Waals surface area contributed by atoms with Gasteiger partial charge >= 0.3 is 0 Å². The highest BCUT2D eigenvalue weighted by atomic mass is 35.5. The maximum Gasteiger partial charge on any atom is 0.262 e. The van der Waals surface area contributed by atoms with Gasteiger partial charge < -0.3 is 10.2 Å². The summed E-state index contributed by atoms with van der Waals surface area (Å²) in [6.45, 7) is 1.89. The normalized spacial score (nSPS) is 21.1. The van der Waals surface area contributed by atoms with Gasteiger partial charge in [0.05, 0.1) is 0 Å². The molecule has 2 amide bonds. The second kappa shape index (κ2) is 6.71. The molecule has 1 fully saturated rings. The van der Waals surface area contributed by atoms with Gasteiger partial charge in [-0.05, 0) is 31.0 Å². The molecule has 5 nitrogen and oxygen atoms in total. The lowest BCUT2D eigenvalue weighted by atomic mass is 10.2. The molecule has 22 heavy (non-hydrogen) atoms. The molecule has 1 aromatic rings. The topological polar surface area (TPSA) is 61.8 Å². The third-order valence-electron chi connectivity index (χ3n) is 3.58. The van der Waals surface area contributed by atoms with Crippen molar-refractivity contribution in [2.45, 2.75) is 24.5 Å². The van der Waals surface area contributed by atoms with E-state index in [2.05, 4.69) is 15.2 Å². The SMILES string of the molecule is O=C(CC1SC(N2CCCC2)=NC1=O)Nc1cccc(Cl)c1. The third kappa shape index (κ3) is 3.62. The fourth-order valence-corrected chi connectivity index (χ4v) is 3.81.